The molecule has 0 saturated carbocycles. The van der Waals surface area contributed by atoms with Crippen molar-refractivity contribution in [3.63, 3.8) is 0 Å². The van der Waals surface area contributed by atoms with Gasteiger partial charge in [-0.25, -0.2) is 0 Å². The molecule has 4 heteroatoms. The molecule has 1 atom stereocenters. The van der Waals surface area contributed by atoms with Crippen LogP contribution in [0.15, 0.2) is 18.2 Å². The summed E-state index contributed by atoms with van der Waals surface area (Å²) in [6, 6.07) is 5.46. The lowest BCUT2D eigenvalue weighted by Gasteiger charge is -2.17. The quantitative estimate of drug-likeness (QED) is 0.617. The van der Waals surface area contributed by atoms with E-state index < -0.39 is 4.29 Å². The number of fused-ring (bicyclic) bond motifs is 1. The number of hydrogen-bond donors (Lipinski definition) is 0. The Bertz CT molecular complexity index is 390. The van der Waals surface area contributed by atoms with Gasteiger partial charge >= 0.3 is 0 Å². The highest BCUT2D eigenvalue weighted by Crippen LogP contribution is 2.26. The molecule has 0 saturated heterocycles. The number of ketones is 1. The molecule has 0 N–H and O–H groups in total. The second kappa shape index (κ2) is 4.54. The topological polar surface area (TPSA) is 26.3 Å². The maximum absolute atomic E-state index is 11.6. The molecule has 2 rings (SSSR count). The monoisotopic (exact) mass is 288 g/mol. The van der Waals surface area contributed by atoms with Crippen molar-refractivity contribution in [1.82, 2.24) is 0 Å². The lowest BCUT2D eigenvalue weighted by atomic mass is 10.0. The molecule has 15 heavy (non-hydrogen) atoms. The smallest absolute Gasteiger partial charge is 0.191 e. The predicted molar refractivity (Wildman–Crippen MR) is 63.2 cm³/mol. The Hall–Kier alpha value is -0.540. The van der Waals surface area contributed by atoms with Gasteiger partial charge in [-0.15, -0.1) is 11.6 Å². The SMILES string of the molecule is O=C(c1ccc2c(c1)CCCO2)C(Cl)Br. The van der Waals surface area contributed by atoms with Gasteiger partial charge in [-0.1, -0.05) is 15.9 Å². The summed E-state index contributed by atoms with van der Waals surface area (Å²) in [4.78, 5) is 11.6. The number of benzene rings is 1. The van der Waals surface area contributed by atoms with Crippen LogP contribution in [0.25, 0.3) is 0 Å². The zero-order chi connectivity index (χ0) is 10.8. The predicted octanol–water partition coefficient (Wildman–Crippen LogP) is 3.15. The van der Waals surface area contributed by atoms with Crippen LogP contribution in [0.1, 0.15) is 22.3 Å². The highest BCUT2D eigenvalue weighted by Gasteiger charge is 2.17. The van der Waals surface area contributed by atoms with Crippen LogP contribution in [0.4, 0.5) is 0 Å². The number of alkyl halides is 2. The fraction of sp³-hybridized carbons (Fsp3) is 0.364. The Balaban J connectivity index is 2.32. The van der Waals surface area contributed by atoms with Gasteiger partial charge < -0.3 is 4.74 Å². The third kappa shape index (κ3) is 2.34. The first-order valence-electron chi connectivity index (χ1n) is 4.76. The van der Waals surface area contributed by atoms with Crippen molar-refractivity contribution < 1.29 is 9.53 Å². The first kappa shape index (κ1) is 11.0. The summed E-state index contributed by atoms with van der Waals surface area (Å²) < 4.78 is 4.81. The van der Waals surface area contributed by atoms with E-state index in [-0.39, 0.29) is 5.78 Å². The molecular weight excluding hydrogens is 279 g/mol. The first-order valence-corrected chi connectivity index (χ1v) is 6.12. The maximum Gasteiger partial charge on any atom is 0.191 e. The molecule has 1 unspecified atom stereocenters. The lowest BCUT2D eigenvalue weighted by Crippen LogP contribution is -2.12. The minimum atomic E-state index is -0.653. The van der Waals surface area contributed by atoms with Gasteiger partial charge in [0.15, 0.2) is 10.1 Å². The van der Waals surface area contributed by atoms with Gasteiger partial charge in [0, 0.05) is 5.56 Å². The summed E-state index contributed by atoms with van der Waals surface area (Å²) >= 11 is 8.74. The van der Waals surface area contributed by atoms with Crippen LogP contribution >= 0.6 is 27.5 Å². The van der Waals surface area contributed by atoms with Gasteiger partial charge in [-0.2, -0.15) is 0 Å². The largest absolute Gasteiger partial charge is 0.493 e. The van der Waals surface area contributed by atoms with E-state index in [0.29, 0.717) is 5.56 Å². The number of aryl methyl sites for hydroxylation is 1. The van der Waals surface area contributed by atoms with Crippen molar-refractivity contribution in [1.29, 1.82) is 0 Å². The van der Waals surface area contributed by atoms with Gasteiger partial charge in [0.1, 0.15) is 5.75 Å². The average molecular weight is 290 g/mol. The first-order chi connectivity index (χ1) is 7.18. The summed E-state index contributed by atoms with van der Waals surface area (Å²) in [6.07, 6.45) is 1.97. The molecule has 0 amide bonds. The van der Waals surface area contributed by atoms with E-state index in [1.165, 1.54) is 0 Å². The van der Waals surface area contributed by atoms with Crippen LogP contribution in [0.2, 0.25) is 0 Å². The van der Waals surface area contributed by atoms with Crippen LogP contribution in [-0.2, 0) is 6.42 Å². The summed E-state index contributed by atoms with van der Waals surface area (Å²) in [5.41, 5.74) is 1.73. The highest BCUT2D eigenvalue weighted by atomic mass is 79.9. The normalized spacial score (nSPS) is 16.4. The fourth-order valence-electron chi connectivity index (χ4n) is 1.64. The van der Waals surface area contributed by atoms with E-state index >= 15 is 0 Å². The average Bonchev–Trinajstić information content (AvgIpc) is 2.27. The Morgan fingerprint density at radius 1 is 1.53 bits per heavy atom. The molecule has 1 aromatic rings. The third-order valence-electron chi connectivity index (χ3n) is 2.39. The van der Waals surface area contributed by atoms with E-state index in [4.69, 9.17) is 16.3 Å². The van der Waals surface area contributed by atoms with Crippen LogP contribution in [0.5, 0.6) is 5.75 Å². The number of hydrogen-bond acceptors (Lipinski definition) is 2. The van der Waals surface area contributed by atoms with Crippen LogP contribution in [0.3, 0.4) is 0 Å². The van der Waals surface area contributed by atoms with Crippen molar-refractivity contribution in [2.45, 2.75) is 17.1 Å². The summed E-state index contributed by atoms with van der Waals surface area (Å²) in [5, 5.41) is 0. The van der Waals surface area contributed by atoms with Gasteiger partial charge in [0.25, 0.3) is 0 Å². The molecule has 0 aromatic heterocycles. The van der Waals surface area contributed by atoms with E-state index in [1.54, 1.807) is 6.07 Å². The zero-order valence-electron chi connectivity index (χ0n) is 8.00. The number of ether oxygens (including phenoxy) is 1. The molecule has 0 spiro atoms. The lowest BCUT2D eigenvalue weighted by molar-refractivity contribution is 0.101. The molecule has 0 bridgehead atoms. The third-order valence-corrected chi connectivity index (χ3v) is 3.01. The number of carbonyl (C=O) groups is 1. The van der Waals surface area contributed by atoms with E-state index in [1.807, 2.05) is 12.1 Å². The Morgan fingerprint density at radius 2 is 2.33 bits per heavy atom. The van der Waals surface area contributed by atoms with Crippen molar-refractivity contribution in [2.24, 2.45) is 0 Å². The molecule has 1 heterocycles. The highest BCUT2D eigenvalue weighted by molar-refractivity contribution is 9.10. The van der Waals surface area contributed by atoms with Crippen LogP contribution in [-0.4, -0.2) is 16.7 Å². The minimum Gasteiger partial charge on any atom is -0.493 e. The van der Waals surface area contributed by atoms with Crippen molar-refractivity contribution in [3.05, 3.63) is 29.3 Å². The molecule has 0 fully saturated rings. The van der Waals surface area contributed by atoms with E-state index in [0.717, 1.165) is 30.8 Å². The Labute approximate surface area is 102 Å². The van der Waals surface area contributed by atoms with Crippen molar-refractivity contribution in [3.8, 4) is 5.75 Å². The van der Waals surface area contributed by atoms with Crippen LogP contribution < -0.4 is 4.74 Å². The second-order valence-electron chi connectivity index (χ2n) is 3.44. The molecule has 1 aromatic carbocycles. The number of Topliss-reactive ketones (excluding diaryl/α,β-unsaturated/α-hetero) is 1. The maximum atomic E-state index is 11.6. The number of halogens is 2. The standard InChI is InChI=1S/C11H10BrClO2/c12-11(13)10(14)8-3-4-9-7(6-8)2-1-5-15-9/h3-4,6,11H,1-2,5H2. The second-order valence-corrected chi connectivity index (χ2v) is 5.32. The van der Waals surface area contributed by atoms with Crippen molar-refractivity contribution >= 4 is 33.3 Å². The van der Waals surface area contributed by atoms with E-state index in [2.05, 4.69) is 15.9 Å². The summed E-state index contributed by atoms with van der Waals surface area (Å²) in [6.45, 7) is 0.761. The van der Waals surface area contributed by atoms with E-state index in [9.17, 15) is 4.79 Å². The van der Waals surface area contributed by atoms with Gasteiger partial charge in [0.2, 0.25) is 0 Å². The summed E-state index contributed by atoms with van der Waals surface area (Å²) in [5.74, 6) is 0.781. The fourth-order valence-corrected chi connectivity index (χ4v) is 2.03. The minimum absolute atomic E-state index is 0.106. The molecule has 0 radical (unpaired) electrons. The Morgan fingerprint density at radius 3 is 3.07 bits per heavy atom. The molecule has 80 valence electrons. The van der Waals surface area contributed by atoms with Gasteiger partial charge in [-0.05, 0) is 36.6 Å². The van der Waals surface area contributed by atoms with Gasteiger partial charge in [0.05, 0.1) is 6.61 Å². The molecule has 2 nitrogen and oxygen atoms in total. The number of rotatable bonds is 2. The molecular formula is C11H10BrClO2. The number of carbonyl (C=O) groups excluding carboxylic acids is 1. The molecule has 1 aliphatic heterocycles. The zero-order valence-corrected chi connectivity index (χ0v) is 10.3. The summed E-state index contributed by atoms with van der Waals surface area (Å²) in [7, 11) is 0. The molecule has 1 aliphatic rings. The Kier molecular flexibility index (Phi) is 3.32. The molecule has 0 aliphatic carbocycles. The van der Waals surface area contributed by atoms with Gasteiger partial charge in [-0.3, -0.25) is 4.79 Å². The van der Waals surface area contributed by atoms with Crippen LogP contribution in [0, 0.1) is 0 Å². The van der Waals surface area contributed by atoms with Crippen molar-refractivity contribution in [2.75, 3.05) is 6.61 Å².